The largest absolute Gasteiger partial charge is 0.674 e. The highest BCUT2D eigenvalue weighted by Crippen LogP contribution is 2.68. The molecule has 7 rings (SSSR count). The number of hydrogen-bond acceptors (Lipinski definition) is 10. The Morgan fingerprint density at radius 3 is 1.27 bits per heavy atom. The van der Waals surface area contributed by atoms with Crippen molar-refractivity contribution in [2.75, 3.05) is 5.75 Å². The monoisotopic (exact) mass is 855 g/mol. The topological polar surface area (TPSA) is 185 Å². The summed E-state index contributed by atoms with van der Waals surface area (Å²) in [7, 11) is -12.9. The quantitative estimate of drug-likeness (QED) is 0.0500. The van der Waals surface area contributed by atoms with Crippen LogP contribution in [0.5, 0.6) is 0 Å². The molecule has 0 aromatic heterocycles. The van der Waals surface area contributed by atoms with Gasteiger partial charge in [0.05, 0.1) is 12.1 Å². The van der Waals surface area contributed by atoms with Crippen molar-refractivity contribution in [3.8, 4) is 0 Å². The molecule has 310 valence electrons. The summed E-state index contributed by atoms with van der Waals surface area (Å²) in [5.41, 5.74) is 2.35. The molecule has 21 heteroatoms. The number of carbonyl (C=O) groups is 1. The molecule has 0 radical (unpaired) electrons. The number of rotatable bonds is 8. The minimum Gasteiger partial charge on any atom is -0.398 e. The van der Waals surface area contributed by atoms with E-state index in [9.17, 15) is 22.1 Å². The molecule has 4 atom stereocenters. The number of amides is 2. The summed E-state index contributed by atoms with van der Waals surface area (Å²) in [6.07, 6.45) is 0. The third kappa shape index (κ3) is 14.2. The van der Waals surface area contributed by atoms with E-state index >= 15 is 0 Å². The Morgan fingerprint density at radius 2 is 0.915 bits per heavy atom. The minimum absolute atomic E-state index is 0.0146. The van der Waals surface area contributed by atoms with Gasteiger partial charge in [-0.05, 0) is 54.4 Å². The molecular formula is C38H44B4F4N2O9PS+. The maximum Gasteiger partial charge on any atom is 0.674 e. The number of hydrogen-bond donors (Lipinski definition) is 8. The van der Waals surface area contributed by atoms with Gasteiger partial charge in [0, 0.05) is 12.3 Å². The fourth-order valence-electron chi connectivity index (χ4n) is 7.13. The molecular weight excluding hydrogens is 811 g/mol. The van der Waals surface area contributed by atoms with Crippen molar-refractivity contribution in [2.45, 2.75) is 36.6 Å². The standard InChI is InChI=1S/C38H36N2OPS.4BFH2O2/c1-29(31-19-9-3-10-20-31)40-35-28-43-37(36(35)39(38(40)41)27-30-17-7-2-8-18-30)42(32-21-11-4-12-22-32,33-23-13-5-14-24-33)34-25-15-6-16-26-34;4*2-1(3)4/h2-26,29,35-37H,27-28H2,1H3;4*3-4H/q+1;;;;/t29-,35+,36+,37?;;;;/m1..../s1. The van der Waals surface area contributed by atoms with Gasteiger partial charge in [-0.2, -0.15) is 0 Å². The van der Waals surface area contributed by atoms with Crippen molar-refractivity contribution in [3.63, 3.8) is 0 Å². The predicted molar refractivity (Wildman–Crippen MR) is 228 cm³/mol. The Hall–Kier alpha value is -4.19. The number of fused-ring (bicyclic) bond motifs is 1. The molecule has 0 spiro atoms. The molecule has 0 bridgehead atoms. The molecule has 5 aromatic rings. The average molecular weight is 855 g/mol. The predicted octanol–water partition coefficient (Wildman–Crippen LogP) is 3.19. The van der Waals surface area contributed by atoms with E-state index in [1.807, 2.05) is 12.1 Å². The van der Waals surface area contributed by atoms with Gasteiger partial charge in [0.1, 0.15) is 29.2 Å². The van der Waals surface area contributed by atoms with Gasteiger partial charge in [0.25, 0.3) is 0 Å². The first kappa shape index (κ1) is 49.2. The van der Waals surface area contributed by atoms with Crippen LogP contribution in [0.2, 0.25) is 0 Å². The first-order valence-corrected chi connectivity index (χ1v) is 20.9. The van der Waals surface area contributed by atoms with Crippen molar-refractivity contribution in [1.29, 1.82) is 0 Å². The normalized spacial score (nSPS) is 16.9. The molecule has 2 fully saturated rings. The lowest BCUT2D eigenvalue weighted by atomic mass is 10.0. The van der Waals surface area contributed by atoms with Gasteiger partial charge in [-0.3, -0.25) is 17.3 Å². The Bertz CT molecular complexity index is 1790. The molecule has 2 amide bonds. The number of benzene rings is 5. The Balaban J connectivity index is 0.000000500. The summed E-state index contributed by atoms with van der Waals surface area (Å²) in [5, 5.41) is 59.7. The summed E-state index contributed by atoms with van der Waals surface area (Å²) in [5.74, 6) is 0.914. The lowest BCUT2D eigenvalue weighted by Crippen LogP contribution is -2.48. The second-order valence-corrected chi connectivity index (χ2v) is 17.7. The molecule has 59 heavy (non-hydrogen) atoms. The van der Waals surface area contributed by atoms with Crippen molar-refractivity contribution >= 4 is 70.6 Å². The average Bonchev–Trinajstić information content (AvgIpc) is 3.73. The summed E-state index contributed by atoms with van der Waals surface area (Å²) < 4.78 is 40.4. The highest BCUT2D eigenvalue weighted by Gasteiger charge is 2.66. The number of carbonyl (C=O) groups excluding carboxylic acids is 1. The molecule has 0 saturated carbocycles. The van der Waals surface area contributed by atoms with E-state index in [2.05, 4.69) is 168 Å². The summed E-state index contributed by atoms with van der Waals surface area (Å²) in [4.78, 5) is 19.3. The van der Waals surface area contributed by atoms with Crippen LogP contribution in [0.4, 0.5) is 22.1 Å². The highest BCUT2D eigenvalue weighted by molar-refractivity contribution is 8.14. The summed E-state index contributed by atoms with van der Waals surface area (Å²) in [6, 6.07) is 54.7. The number of thioether (sulfide) groups is 1. The molecule has 11 nitrogen and oxygen atoms in total. The second kappa shape index (κ2) is 24.8. The highest BCUT2D eigenvalue weighted by atomic mass is 32.2. The van der Waals surface area contributed by atoms with Crippen LogP contribution in [0.25, 0.3) is 0 Å². The van der Waals surface area contributed by atoms with Gasteiger partial charge < -0.3 is 50.0 Å². The van der Waals surface area contributed by atoms with Crippen molar-refractivity contribution in [1.82, 2.24) is 9.80 Å². The second-order valence-electron chi connectivity index (χ2n) is 12.6. The smallest absolute Gasteiger partial charge is 0.398 e. The molecule has 2 heterocycles. The third-order valence-electron chi connectivity index (χ3n) is 9.07. The van der Waals surface area contributed by atoms with E-state index in [4.69, 9.17) is 40.2 Å². The maximum atomic E-state index is 14.7. The minimum atomic E-state index is -2.67. The van der Waals surface area contributed by atoms with E-state index in [0.29, 0.717) is 6.54 Å². The van der Waals surface area contributed by atoms with E-state index in [1.54, 1.807) is 0 Å². The molecule has 1 unspecified atom stereocenters. The van der Waals surface area contributed by atoms with Gasteiger partial charge in [-0.15, -0.1) is 11.8 Å². The molecule has 0 aliphatic carbocycles. The van der Waals surface area contributed by atoms with Crippen molar-refractivity contribution < 1.29 is 62.2 Å². The van der Waals surface area contributed by atoms with Gasteiger partial charge >= 0.3 is 35.6 Å². The maximum absolute atomic E-state index is 14.7. The van der Waals surface area contributed by atoms with Crippen molar-refractivity contribution in [2.24, 2.45) is 0 Å². The van der Waals surface area contributed by atoms with Gasteiger partial charge in [0.15, 0.2) is 4.99 Å². The van der Waals surface area contributed by atoms with E-state index < -0.39 is 36.8 Å². The van der Waals surface area contributed by atoms with Crippen molar-refractivity contribution in [3.05, 3.63) is 163 Å². The lowest BCUT2D eigenvalue weighted by Gasteiger charge is -2.37. The van der Waals surface area contributed by atoms with Crippen LogP contribution in [0.1, 0.15) is 24.1 Å². The van der Waals surface area contributed by atoms with Crippen LogP contribution in [-0.4, -0.2) is 108 Å². The number of halogens is 4. The molecule has 2 aliphatic heterocycles. The van der Waals surface area contributed by atoms with Crippen LogP contribution in [0, 0.1) is 0 Å². The first-order valence-electron chi connectivity index (χ1n) is 18.0. The van der Waals surface area contributed by atoms with E-state index in [-0.39, 0.29) is 29.1 Å². The number of nitrogens with zero attached hydrogens (tertiary/aromatic N) is 2. The lowest BCUT2D eigenvalue weighted by molar-refractivity contribution is 0.170. The molecule has 2 aliphatic rings. The molecule has 2 saturated heterocycles. The van der Waals surface area contributed by atoms with E-state index in [1.165, 1.54) is 27.0 Å². The first-order chi connectivity index (χ1) is 28.1. The summed E-state index contributed by atoms with van der Waals surface area (Å²) >= 11 is 2.07. The Kier molecular flexibility index (Phi) is 20.7. The fourth-order valence-corrected chi connectivity index (χ4v) is 15.2. The van der Waals surface area contributed by atoms with Crippen LogP contribution in [0.15, 0.2) is 152 Å². The van der Waals surface area contributed by atoms with Crippen LogP contribution >= 0.6 is 19.0 Å². The van der Waals surface area contributed by atoms with Gasteiger partial charge in [0.2, 0.25) is 0 Å². The van der Waals surface area contributed by atoms with Gasteiger partial charge in [-0.25, -0.2) is 4.79 Å². The molecule has 5 aromatic carbocycles. The fraction of sp³-hybridized carbons (Fsp3) is 0.184. The van der Waals surface area contributed by atoms with E-state index in [0.717, 1.165) is 5.75 Å². The molecule has 8 N–H and O–H groups in total. The Labute approximate surface area is 346 Å². The zero-order chi connectivity index (χ0) is 43.5. The van der Waals surface area contributed by atoms with Crippen LogP contribution < -0.4 is 15.9 Å². The SMILES string of the molecule is C[C@H](c1ccccc1)N1C(=O)N(Cc2ccccc2)[C@@H]2C([P+](c3ccccc3)(c3ccccc3)c3ccccc3)SC[C@@H]21.OB(O)F.OB(O)F.OB(O)F.OB(O)F. The zero-order valence-electron chi connectivity index (χ0n) is 31.7. The van der Waals surface area contributed by atoms with Gasteiger partial charge in [-0.1, -0.05) is 115 Å². The third-order valence-corrected chi connectivity index (χ3v) is 16.0. The zero-order valence-corrected chi connectivity index (χ0v) is 33.4. The number of urea groups is 1. The van der Waals surface area contributed by atoms with Crippen LogP contribution in [-0.2, 0) is 6.54 Å². The van der Waals surface area contributed by atoms with Crippen LogP contribution in [0.3, 0.4) is 0 Å². The summed E-state index contributed by atoms with van der Waals surface area (Å²) in [6.45, 7) is 2.80. The Morgan fingerprint density at radius 1 is 0.593 bits per heavy atom.